The molecular weight excluding hydrogens is 374 g/mol. The highest BCUT2D eigenvalue weighted by molar-refractivity contribution is 6.27. The molecule has 1 heterocycles. The van der Waals surface area contributed by atoms with Crippen LogP contribution < -0.4 is 9.47 Å². The Labute approximate surface area is 170 Å². The van der Waals surface area contributed by atoms with Crippen LogP contribution in [-0.4, -0.2) is 53.3 Å². The number of rotatable bonds is 6. The average molecular weight is 401 g/mol. The summed E-state index contributed by atoms with van der Waals surface area (Å²) in [4.78, 5) is 20.7. The fourth-order valence-corrected chi connectivity index (χ4v) is 2.90. The molecule has 0 aromatic heterocycles. The third kappa shape index (κ3) is 9.12. The summed E-state index contributed by atoms with van der Waals surface area (Å²) in [5, 5.41) is 14.8. The monoisotopic (exact) mass is 401 g/mol. The van der Waals surface area contributed by atoms with Crippen LogP contribution in [0.3, 0.4) is 0 Å². The van der Waals surface area contributed by atoms with E-state index in [4.69, 9.17) is 29.3 Å². The lowest BCUT2D eigenvalue weighted by Crippen LogP contribution is -2.29. The predicted molar refractivity (Wildman–Crippen MR) is 109 cm³/mol. The third-order valence-electron chi connectivity index (χ3n) is 4.34. The van der Waals surface area contributed by atoms with Gasteiger partial charge < -0.3 is 19.7 Å². The number of carboxylic acid groups (broad SMARTS) is 2. The van der Waals surface area contributed by atoms with E-state index in [-0.39, 0.29) is 0 Å². The van der Waals surface area contributed by atoms with Crippen LogP contribution in [0.4, 0.5) is 0 Å². The van der Waals surface area contributed by atoms with Crippen LogP contribution in [0.2, 0.25) is 0 Å². The van der Waals surface area contributed by atoms with Crippen LogP contribution in [0.15, 0.2) is 54.6 Å². The van der Waals surface area contributed by atoms with Crippen LogP contribution in [0.5, 0.6) is 17.2 Å². The van der Waals surface area contributed by atoms with Crippen LogP contribution in [0.1, 0.15) is 25.7 Å². The topological polar surface area (TPSA) is 96.3 Å². The van der Waals surface area contributed by atoms with Crippen molar-refractivity contribution in [2.24, 2.45) is 0 Å². The number of hydrogen-bond acceptors (Lipinski definition) is 5. The van der Waals surface area contributed by atoms with Gasteiger partial charge in [0, 0.05) is 12.6 Å². The van der Waals surface area contributed by atoms with Crippen molar-refractivity contribution in [1.82, 2.24) is 4.90 Å². The van der Waals surface area contributed by atoms with Crippen LogP contribution in [0, 0.1) is 0 Å². The summed E-state index contributed by atoms with van der Waals surface area (Å²) in [6.07, 6.45) is 5.38. The quantitative estimate of drug-likeness (QED) is 0.709. The minimum Gasteiger partial charge on any atom is -0.492 e. The second-order valence-electron chi connectivity index (χ2n) is 6.60. The highest BCUT2D eigenvalue weighted by Crippen LogP contribution is 2.25. The highest BCUT2D eigenvalue weighted by atomic mass is 16.5. The van der Waals surface area contributed by atoms with Crippen molar-refractivity contribution < 1.29 is 29.3 Å². The fourth-order valence-electron chi connectivity index (χ4n) is 2.90. The lowest BCUT2D eigenvalue weighted by molar-refractivity contribution is -0.159. The Bertz CT molecular complexity index is 745. The second-order valence-corrected chi connectivity index (χ2v) is 6.60. The summed E-state index contributed by atoms with van der Waals surface area (Å²) in [6.45, 7) is 4.15. The van der Waals surface area contributed by atoms with Crippen molar-refractivity contribution in [3.05, 3.63) is 54.6 Å². The van der Waals surface area contributed by atoms with E-state index in [0.717, 1.165) is 30.4 Å². The Morgan fingerprint density at radius 2 is 1.38 bits per heavy atom. The number of benzene rings is 2. The zero-order chi connectivity index (χ0) is 20.9. The molecule has 0 unspecified atom stereocenters. The van der Waals surface area contributed by atoms with E-state index in [1.165, 1.54) is 38.8 Å². The molecule has 0 atom stereocenters. The number of likely N-dealkylation sites (tertiary alicyclic amines) is 1. The molecule has 29 heavy (non-hydrogen) atoms. The van der Waals surface area contributed by atoms with Crippen molar-refractivity contribution in [3.63, 3.8) is 0 Å². The van der Waals surface area contributed by atoms with Crippen molar-refractivity contribution in [1.29, 1.82) is 0 Å². The Morgan fingerprint density at radius 3 is 2.00 bits per heavy atom. The number of para-hydroxylation sites is 1. The van der Waals surface area contributed by atoms with E-state index in [9.17, 15) is 0 Å². The van der Waals surface area contributed by atoms with Gasteiger partial charge in [-0.05, 0) is 50.2 Å². The molecule has 0 bridgehead atoms. The van der Waals surface area contributed by atoms with Gasteiger partial charge in [0.05, 0.1) is 0 Å². The smallest absolute Gasteiger partial charge is 0.414 e. The van der Waals surface area contributed by atoms with Crippen molar-refractivity contribution in [2.75, 3.05) is 26.2 Å². The van der Waals surface area contributed by atoms with E-state index in [1.54, 1.807) is 0 Å². The van der Waals surface area contributed by atoms with E-state index in [2.05, 4.69) is 4.90 Å². The van der Waals surface area contributed by atoms with Gasteiger partial charge in [-0.2, -0.15) is 0 Å². The zero-order valence-electron chi connectivity index (χ0n) is 16.3. The van der Waals surface area contributed by atoms with Gasteiger partial charge in [-0.3, -0.25) is 4.90 Å². The Kier molecular flexibility index (Phi) is 9.51. The molecule has 1 aliphatic heterocycles. The number of carboxylic acids is 2. The normalized spacial score (nSPS) is 14.1. The molecule has 1 fully saturated rings. The minimum atomic E-state index is -1.82. The zero-order valence-corrected chi connectivity index (χ0v) is 16.3. The summed E-state index contributed by atoms with van der Waals surface area (Å²) >= 11 is 0. The molecule has 1 aliphatic rings. The van der Waals surface area contributed by atoms with E-state index >= 15 is 0 Å². The Balaban J connectivity index is 0.000000438. The number of nitrogens with zero attached hydrogens (tertiary/aromatic N) is 1. The van der Waals surface area contributed by atoms with Gasteiger partial charge in [0.2, 0.25) is 0 Å². The number of carbonyl (C=O) groups is 2. The number of hydrogen-bond donors (Lipinski definition) is 2. The molecule has 0 aliphatic carbocycles. The van der Waals surface area contributed by atoms with Gasteiger partial charge in [-0.25, -0.2) is 9.59 Å². The van der Waals surface area contributed by atoms with Gasteiger partial charge in [-0.15, -0.1) is 0 Å². The Hall–Kier alpha value is -3.06. The molecular formula is C22H27NO6. The van der Waals surface area contributed by atoms with E-state index < -0.39 is 11.9 Å². The summed E-state index contributed by atoms with van der Waals surface area (Å²) in [7, 11) is 0. The second kappa shape index (κ2) is 12.4. The molecule has 2 N–H and O–H groups in total. The molecule has 3 rings (SSSR count). The van der Waals surface area contributed by atoms with Crippen LogP contribution >= 0.6 is 0 Å². The molecule has 7 nitrogen and oxygen atoms in total. The lowest BCUT2D eigenvalue weighted by Gasteiger charge is -2.19. The minimum absolute atomic E-state index is 0.731. The van der Waals surface area contributed by atoms with Gasteiger partial charge in [0.25, 0.3) is 0 Å². The fraction of sp³-hybridized carbons (Fsp3) is 0.364. The maximum atomic E-state index is 9.10. The molecule has 156 valence electrons. The molecule has 0 radical (unpaired) electrons. The van der Waals surface area contributed by atoms with Crippen LogP contribution in [0.25, 0.3) is 0 Å². The largest absolute Gasteiger partial charge is 0.492 e. The molecule has 7 heteroatoms. The van der Waals surface area contributed by atoms with Gasteiger partial charge >= 0.3 is 11.9 Å². The van der Waals surface area contributed by atoms with Gasteiger partial charge in [0.15, 0.2) is 0 Å². The van der Waals surface area contributed by atoms with E-state index in [0.29, 0.717) is 0 Å². The number of ether oxygens (including phenoxy) is 2. The van der Waals surface area contributed by atoms with E-state index in [1.807, 2.05) is 54.6 Å². The Morgan fingerprint density at radius 1 is 0.793 bits per heavy atom. The maximum Gasteiger partial charge on any atom is 0.414 e. The molecule has 0 amide bonds. The molecule has 1 saturated heterocycles. The standard InChI is InChI=1S/C20H25NO2.C2H2O4/c1-2-7-14-21(13-6-1)15-16-22-19-11-8-12-20(17-19)23-18-9-4-3-5-10-18;3-1(4)2(5)6/h3-5,8-12,17H,1-2,6-7,13-16H2;(H,3,4)(H,5,6). The first kappa shape index (κ1) is 22.2. The average Bonchev–Trinajstić information content (AvgIpc) is 2.98. The van der Waals surface area contributed by atoms with Crippen molar-refractivity contribution in [2.45, 2.75) is 25.7 Å². The highest BCUT2D eigenvalue weighted by Gasteiger charge is 2.08. The lowest BCUT2D eigenvalue weighted by atomic mass is 10.2. The van der Waals surface area contributed by atoms with Crippen molar-refractivity contribution in [3.8, 4) is 17.2 Å². The first-order chi connectivity index (χ1) is 14.0. The molecule has 0 saturated carbocycles. The first-order valence-electron chi connectivity index (χ1n) is 9.69. The maximum absolute atomic E-state index is 9.10. The van der Waals surface area contributed by atoms with Crippen LogP contribution in [-0.2, 0) is 9.59 Å². The summed E-state index contributed by atoms with van der Waals surface area (Å²) in [5.41, 5.74) is 0. The molecule has 2 aromatic carbocycles. The number of aliphatic carboxylic acids is 2. The van der Waals surface area contributed by atoms with Crippen molar-refractivity contribution >= 4 is 11.9 Å². The predicted octanol–water partition coefficient (Wildman–Crippen LogP) is 3.89. The van der Waals surface area contributed by atoms with Gasteiger partial charge in [-0.1, -0.05) is 37.1 Å². The SMILES string of the molecule is O=C(O)C(=O)O.c1ccc(Oc2cccc(OCCN3CCCCCC3)c2)cc1. The first-order valence-corrected chi connectivity index (χ1v) is 9.69. The summed E-state index contributed by atoms with van der Waals surface area (Å²) in [5.74, 6) is -1.13. The molecule has 2 aromatic rings. The summed E-state index contributed by atoms with van der Waals surface area (Å²) < 4.78 is 11.7. The molecule has 0 spiro atoms. The summed E-state index contributed by atoms with van der Waals surface area (Å²) in [6, 6.07) is 17.7. The third-order valence-corrected chi connectivity index (χ3v) is 4.34. The van der Waals surface area contributed by atoms with Gasteiger partial charge in [0.1, 0.15) is 23.9 Å².